The Bertz CT molecular complexity index is 1010. The van der Waals surface area contributed by atoms with Crippen molar-refractivity contribution in [1.29, 1.82) is 0 Å². The van der Waals surface area contributed by atoms with Crippen LogP contribution in [0.2, 0.25) is 0 Å². The third-order valence-corrected chi connectivity index (χ3v) is 4.64. The van der Waals surface area contributed by atoms with Gasteiger partial charge in [0.2, 0.25) is 0 Å². The molecule has 0 bridgehead atoms. The Balaban J connectivity index is 1.96. The molecule has 0 atom stereocenters. The van der Waals surface area contributed by atoms with Gasteiger partial charge in [-0.25, -0.2) is 9.67 Å². The standard InChI is InChI=1S/C21H29N5O2/c1-12(2)17-11-16(20(27)22-9-8-15-10-13(3)25-28-15)18-14(4)24-26(19(18)23-17)21(5,6)7/h10-12H,8-9H2,1-7H3,(H,22,27). The fourth-order valence-electron chi connectivity index (χ4n) is 3.18. The van der Waals surface area contributed by atoms with Gasteiger partial charge in [-0.3, -0.25) is 4.79 Å². The molecule has 3 aromatic rings. The minimum Gasteiger partial charge on any atom is -0.361 e. The van der Waals surface area contributed by atoms with Crippen LogP contribution < -0.4 is 5.32 Å². The molecule has 3 rings (SSSR count). The number of nitrogens with zero attached hydrogens (tertiary/aromatic N) is 4. The summed E-state index contributed by atoms with van der Waals surface area (Å²) >= 11 is 0. The van der Waals surface area contributed by atoms with E-state index in [0.717, 1.165) is 33.9 Å². The average Bonchev–Trinajstić information content (AvgIpc) is 3.17. The normalized spacial score (nSPS) is 12.1. The van der Waals surface area contributed by atoms with Crippen LogP contribution in [0.4, 0.5) is 0 Å². The van der Waals surface area contributed by atoms with E-state index in [2.05, 4.69) is 50.2 Å². The summed E-state index contributed by atoms with van der Waals surface area (Å²) in [5.41, 5.74) is 3.68. The van der Waals surface area contributed by atoms with Crippen molar-refractivity contribution in [1.82, 2.24) is 25.2 Å². The fraction of sp³-hybridized carbons (Fsp3) is 0.524. The lowest BCUT2D eigenvalue weighted by atomic mass is 10.0. The SMILES string of the molecule is Cc1cc(CCNC(=O)c2cc(C(C)C)nc3c2c(C)nn3C(C)(C)C)on1. The smallest absolute Gasteiger partial charge is 0.252 e. The van der Waals surface area contributed by atoms with Gasteiger partial charge in [-0.1, -0.05) is 19.0 Å². The Morgan fingerprint density at radius 2 is 1.96 bits per heavy atom. The minimum atomic E-state index is -0.229. The molecule has 28 heavy (non-hydrogen) atoms. The molecule has 1 N–H and O–H groups in total. The summed E-state index contributed by atoms with van der Waals surface area (Å²) in [6.07, 6.45) is 0.595. The number of hydrogen-bond acceptors (Lipinski definition) is 5. The zero-order valence-corrected chi connectivity index (χ0v) is 17.8. The second-order valence-corrected chi connectivity index (χ2v) is 8.56. The largest absolute Gasteiger partial charge is 0.361 e. The third kappa shape index (κ3) is 3.93. The lowest BCUT2D eigenvalue weighted by Gasteiger charge is -2.20. The Morgan fingerprint density at radius 1 is 1.25 bits per heavy atom. The van der Waals surface area contributed by atoms with E-state index in [1.165, 1.54) is 0 Å². The van der Waals surface area contributed by atoms with Crippen molar-refractivity contribution in [2.24, 2.45) is 0 Å². The van der Waals surface area contributed by atoms with E-state index >= 15 is 0 Å². The number of nitrogens with one attached hydrogen (secondary N) is 1. The van der Waals surface area contributed by atoms with Crippen LogP contribution in [0.25, 0.3) is 11.0 Å². The summed E-state index contributed by atoms with van der Waals surface area (Å²) in [6.45, 7) is 14.7. The molecule has 0 saturated carbocycles. The van der Waals surface area contributed by atoms with Crippen LogP contribution in [0, 0.1) is 13.8 Å². The first kappa shape index (κ1) is 20.0. The fourth-order valence-corrected chi connectivity index (χ4v) is 3.18. The number of amides is 1. The van der Waals surface area contributed by atoms with Crippen LogP contribution >= 0.6 is 0 Å². The lowest BCUT2D eigenvalue weighted by molar-refractivity contribution is 0.0955. The Labute approximate surface area is 165 Å². The molecule has 0 spiro atoms. The number of fused-ring (bicyclic) bond motifs is 1. The van der Waals surface area contributed by atoms with E-state index in [4.69, 9.17) is 9.51 Å². The van der Waals surface area contributed by atoms with Crippen LogP contribution in [-0.4, -0.2) is 32.4 Å². The number of carbonyl (C=O) groups excluding carboxylic acids is 1. The molecule has 0 aliphatic carbocycles. The van der Waals surface area contributed by atoms with Crippen molar-refractivity contribution >= 4 is 16.9 Å². The molecule has 150 valence electrons. The van der Waals surface area contributed by atoms with Gasteiger partial charge in [0, 0.05) is 24.7 Å². The van der Waals surface area contributed by atoms with Crippen LogP contribution in [0.5, 0.6) is 0 Å². The van der Waals surface area contributed by atoms with Crippen LogP contribution in [0.15, 0.2) is 16.7 Å². The predicted molar refractivity (Wildman–Crippen MR) is 109 cm³/mol. The summed E-state index contributed by atoms with van der Waals surface area (Å²) in [6, 6.07) is 3.77. The van der Waals surface area contributed by atoms with Gasteiger partial charge < -0.3 is 9.84 Å². The van der Waals surface area contributed by atoms with Crippen molar-refractivity contribution < 1.29 is 9.32 Å². The van der Waals surface area contributed by atoms with E-state index in [0.29, 0.717) is 18.5 Å². The highest BCUT2D eigenvalue weighted by Gasteiger charge is 2.25. The molecule has 1 amide bonds. The van der Waals surface area contributed by atoms with Gasteiger partial charge in [0.25, 0.3) is 5.91 Å². The second-order valence-electron chi connectivity index (χ2n) is 8.56. The predicted octanol–water partition coefficient (Wildman–Crippen LogP) is 3.89. The first-order valence-electron chi connectivity index (χ1n) is 9.69. The summed E-state index contributed by atoms with van der Waals surface area (Å²) in [5.74, 6) is 0.844. The highest BCUT2D eigenvalue weighted by Crippen LogP contribution is 2.28. The maximum Gasteiger partial charge on any atom is 0.252 e. The van der Waals surface area contributed by atoms with Crippen molar-refractivity contribution in [3.63, 3.8) is 0 Å². The monoisotopic (exact) mass is 383 g/mol. The number of carbonyl (C=O) groups is 1. The summed E-state index contributed by atoms with van der Waals surface area (Å²) in [5, 5.41) is 12.4. The molecular weight excluding hydrogens is 354 g/mol. The van der Waals surface area contributed by atoms with Gasteiger partial charge in [0.05, 0.1) is 27.9 Å². The molecule has 7 nitrogen and oxygen atoms in total. The van der Waals surface area contributed by atoms with Gasteiger partial charge in [0.15, 0.2) is 5.65 Å². The molecule has 3 aromatic heterocycles. The molecule has 0 aliphatic heterocycles. The maximum atomic E-state index is 13.0. The zero-order chi connectivity index (χ0) is 20.6. The van der Waals surface area contributed by atoms with Gasteiger partial charge in [-0.15, -0.1) is 0 Å². The highest BCUT2D eigenvalue weighted by atomic mass is 16.5. The van der Waals surface area contributed by atoms with Gasteiger partial charge in [-0.2, -0.15) is 5.10 Å². The molecule has 0 aliphatic rings. The third-order valence-electron chi connectivity index (χ3n) is 4.64. The average molecular weight is 383 g/mol. The topological polar surface area (TPSA) is 85.8 Å². The van der Waals surface area contributed by atoms with E-state index in [-0.39, 0.29) is 17.4 Å². The van der Waals surface area contributed by atoms with Crippen LogP contribution in [0.1, 0.15) is 73.7 Å². The molecule has 7 heteroatoms. The van der Waals surface area contributed by atoms with Crippen LogP contribution in [-0.2, 0) is 12.0 Å². The van der Waals surface area contributed by atoms with Crippen LogP contribution in [0.3, 0.4) is 0 Å². The van der Waals surface area contributed by atoms with Crippen molar-refractivity contribution in [3.8, 4) is 0 Å². The number of rotatable bonds is 5. The first-order valence-corrected chi connectivity index (χ1v) is 9.69. The molecule has 3 heterocycles. The number of aromatic nitrogens is 4. The van der Waals surface area contributed by atoms with Crippen molar-refractivity contribution in [2.45, 2.75) is 66.3 Å². The Hall–Kier alpha value is -2.70. The van der Waals surface area contributed by atoms with Gasteiger partial charge in [-0.05, 0) is 46.6 Å². The molecule has 0 fully saturated rings. The first-order chi connectivity index (χ1) is 13.1. The summed E-state index contributed by atoms with van der Waals surface area (Å²) in [4.78, 5) is 17.9. The van der Waals surface area contributed by atoms with Gasteiger partial charge >= 0.3 is 0 Å². The van der Waals surface area contributed by atoms with E-state index in [1.54, 1.807) is 0 Å². The van der Waals surface area contributed by atoms with Crippen molar-refractivity contribution in [2.75, 3.05) is 6.54 Å². The number of aryl methyl sites for hydroxylation is 2. The zero-order valence-electron chi connectivity index (χ0n) is 17.8. The molecule has 0 saturated heterocycles. The van der Waals surface area contributed by atoms with Gasteiger partial charge in [0.1, 0.15) is 5.76 Å². The Kier molecular flexibility index (Phi) is 5.28. The molecule has 0 unspecified atom stereocenters. The quantitative estimate of drug-likeness (QED) is 0.722. The Morgan fingerprint density at radius 3 is 2.54 bits per heavy atom. The lowest BCUT2D eigenvalue weighted by Crippen LogP contribution is -2.27. The summed E-state index contributed by atoms with van der Waals surface area (Å²) in [7, 11) is 0. The minimum absolute atomic E-state index is 0.123. The number of pyridine rings is 1. The van der Waals surface area contributed by atoms with E-state index < -0.39 is 0 Å². The van der Waals surface area contributed by atoms with E-state index in [1.807, 2.05) is 30.7 Å². The highest BCUT2D eigenvalue weighted by molar-refractivity contribution is 6.06. The second kappa shape index (κ2) is 7.37. The number of hydrogen-bond donors (Lipinski definition) is 1. The summed E-state index contributed by atoms with van der Waals surface area (Å²) < 4.78 is 7.12. The molecule has 0 radical (unpaired) electrons. The maximum absolute atomic E-state index is 13.0. The molecular formula is C21H29N5O2. The van der Waals surface area contributed by atoms with Crippen molar-refractivity contribution in [3.05, 3.63) is 40.5 Å². The molecule has 0 aromatic carbocycles. The van der Waals surface area contributed by atoms with E-state index in [9.17, 15) is 4.79 Å².